The molecular weight excluding hydrogens is 222 g/mol. The molecule has 0 amide bonds. The lowest BCUT2D eigenvalue weighted by Crippen LogP contribution is -2.47. The monoisotopic (exact) mass is 243 g/mol. The molecule has 2 rings (SSSR count). The van der Waals surface area contributed by atoms with E-state index in [4.69, 9.17) is 0 Å². The first-order chi connectivity index (χ1) is 7.72. The van der Waals surface area contributed by atoms with E-state index in [1.165, 1.54) is 12.8 Å². The van der Waals surface area contributed by atoms with Gasteiger partial charge in [-0.05, 0) is 37.4 Å². The van der Waals surface area contributed by atoms with E-state index in [0.29, 0.717) is 17.2 Å². The zero-order valence-corrected chi connectivity index (χ0v) is 10.6. The topological polar surface area (TPSA) is 49.3 Å². The van der Waals surface area contributed by atoms with E-state index in [2.05, 4.69) is 12.2 Å². The Hall–Kier alpha value is -0.220. The minimum atomic E-state index is -0.658. The fourth-order valence-corrected chi connectivity index (χ4v) is 3.81. The fourth-order valence-electron chi connectivity index (χ4n) is 2.60. The molecule has 3 atom stereocenters. The van der Waals surface area contributed by atoms with E-state index in [1.807, 2.05) is 11.8 Å². The molecule has 3 unspecified atom stereocenters. The summed E-state index contributed by atoms with van der Waals surface area (Å²) in [6.45, 7) is 2.18. The van der Waals surface area contributed by atoms with Crippen molar-refractivity contribution in [3.63, 3.8) is 0 Å². The maximum atomic E-state index is 11.2. The highest BCUT2D eigenvalue weighted by Gasteiger charge is 2.39. The van der Waals surface area contributed by atoms with Gasteiger partial charge in [0.05, 0.1) is 0 Å². The normalized spacial score (nSPS) is 31.6. The Morgan fingerprint density at radius 2 is 2.19 bits per heavy atom. The molecule has 2 fully saturated rings. The Balaban J connectivity index is 1.88. The third-order valence-electron chi connectivity index (χ3n) is 3.59. The molecular formula is C12H21NO2S. The van der Waals surface area contributed by atoms with Gasteiger partial charge in [-0.1, -0.05) is 13.3 Å². The summed E-state index contributed by atoms with van der Waals surface area (Å²) in [6, 6.07) is 0.134. The first kappa shape index (κ1) is 12.2. The predicted molar refractivity (Wildman–Crippen MR) is 66.8 cm³/mol. The number of carboxylic acids is 1. The zero-order valence-electron chi connectivity index (χ0n) is 9.82. The van der Waals surface area contributed by atoms with Crippen LogP contribution in [-0.2, 0) is 4.79 Å². The standard InChI is InChI=1S/C12H21NO2S/c1-2-16-10-5-3-4-9(10)13-11(12(14)15)8-6-7-8/h8-11,13H,2-7H2,1H3,(H,14,15). The van der Waals surface area contributed by atoms with Gasteiger partial charge in [-0.2, -0.15) is 11.8 Å². The molecule has 0 aliphatic heterocycles. The molecule has 0 bridgehead atoms. The van der Waals surface area contributed by atoms with Crippen LogP contribution in [0.5, 0.6) is 0 Å². The Bertz CT molecular complexity index is 255. The second-order valence-corrected chi connectivity index (χ2v) is 6.37. The number of thioether (sulfide) groups is 1. The van der Waals surface area contributed by atoms with Gasteiger partial charge in [-0.15, -0.1) is 0 Å². The Kier molecular flexibility index (Phi) is 4.14. The number of hydrogen-bond donors (Lipinski definition) is 2. The first-order valence-corrected chi connectivity index (χ1v) is 7.37. The third-order valence-corrected chi connectivity index (χ3v) is 4.91. The number of rotatable bonds is 6. The van der Waals surface area contributed by atoms with Crippen molar-refractivity contribution in [2.75, 3.05) is 5.75 Å². The summed E-state index contributed by atoms with van der Waals surface area (Å²) in [6.07, 6.45) is 5.80. The third kappa shape index (κ3) is 2.92. The fraction of sp³-hybridized carbons (Fsp3) is 0.917. The SMILES string of the molecule is CCSC1CCCC1NC(C(=O)O)C1CC1. The van der Waals surface area contributed by atoms with Gasteiger partial charge in [0.1, 0.15) is 6.04 Å². The van der Waals surface area contributed by atoms with Crippen LogP contribution in [0, 0.1) is 5.92 Å². The van der Waals surface area contributed by atoms with Crippen molar-refractivity contribution >= 4 is 17.7 Å². The molecule has 0 aromatic carbocycles. The lowest BCUT2D eigenvalue weighted by Gasteiger charge is -2.24. The second kappa shape index (κ2) is 5.41. The van der Waals surface area contributed by atoms with Crippen molar-refractivity contribution in [2.24, 2.45) is 5.92 Å². The Morgan fingerprint density at radius 1 is 1.44 bits per heavy atom. The molecule has 0 heterocycles. The molecule has 4 heteroatoms. The van der Waals surface area contributed by atoms with Gasteiger partial charge in [0.15, 0.2) is 0 Å². The Labute approximate surface area is 101 Å². The maximum Gasteiger partial charge on any atom is 0.320 e. The molecule has 16 heavy (non-hydrogen) atoms. The van der Waals surface area contributed by atoms with Crippen LogP contribution >= 0.6 is 11.8 Å². The molecule has 0 aromatic rings. The van der Waals surface area contributed by atoms with Gasteiger partial charge in [-0.25, -0.2) is 0 Å². The number of aliphatic carboxylic acids is 1. The number of hydrogen-bond acceptors (Lipinski definition) is 3. The lowest BCUT2D eigenvalue weighted by atomic mass is 10.1. The summed E-state index contributed by atoms with van der Waals surface area (Å²) in [5, 5.41) is 13.2. The van der Waals surface area contributed by atoms with Gasteiger partial charge in [0.25, 0.3) is 0 Å². The zero-order chi connectivity index (χ0) is 11.5. The van der Waals surface area contributed by atoms with Crippen LogP contribution in [0.4, 0.5) is 0 Å². The van der Waals surface area contributed by atoms with E-state index < -0.39 is 5.97 Å². The van der Waals surface area contributed by atoms with Gasteiger partial charge >= 0.3 is 5.97 Å². The molecule has 0 radical (unpaired) electrons. The summed E-state index contributed by atoms with van der Waals surface area (Å²) < 4.78 is 0. The van der Waals surface area contributed by atoms with Crippen LogP contribution in [-0.4, -0.2) is 34.2 Å². The summed E-state index contributed by atoms with van der Waals surface area (Å²) >= 11 is 1.98. The van der Waals surface area contributed by atoms with Gasteiger partial charge in [0.2, 0.25) is 0 Å². The first-order valence-electron chi connectivity index (χ1n) is 6.32. The lowest BCUT2D eigenvalue weighted by molar-refractivity contribution is -0.140. The predicted octanol–water partition coefficient (Wildman–Crippen LogP) is 2.11. The molecule has 0 aromatic heterocycles. The minimum Gasteiger partial charge on any atom is -0.480 e. The van der Waals surface area contributed by atoms with Crippen molar-refractivity contribution in [1.82, 2.24) is 5.32 Å². The smallest absolute Gasteiger partial charge is 0.320 e. The van der Waals surface area contributed by atoms with Gasteiger partial charge in [0, 0.05) is 11.3 Å². The van der Waals surface area contributed by atoms with E-state index in [-0.39, 0.29) is 6.04 Å². The van der Waals surface area contributed by atoms with E-state index >= 15 is 0 Å². The highest BCUT2D eigenvalue weighted by atomic mass is 32.2. The average molecular weight is 243 g/mol. The molecule has 2 saturated carbocycles. The number of carbonyl (C=O) groups is 1. The molecule has 3 nitrogen and oxygen atoms in total. The molecule has 0 saturated heterocycles. The minimum absolute atomic E-state index is 0.289. The summed E-state index contributed by atoms with van der Waals surface area (Å²) in [5.41, 5.74) is 0. The van der Waals surface area contributed by atoms with E-state index in [9.17, 15) is 9.90 Å². The van der Waals surface area contributed by atoms with Crippen molar-refractivity contribution in [3.05, 3.63) is 0 Å². The molecule has 2 N–H and O–H groups in total. The van der Waals surface area contributed by atoms with Gasteiger partial charge in [-0.3, -0.25) is 4.79 Å². The van der Waals surface area contributed by atoms with Crippen molar-refractivity contribution < 1.29 is 9.90 Å². The van der Waals surface area contributed by atoms with Crippen LogP contribution in [0.3, 0.4) is 0 Å². The van der Waals surface area contributed by atoms with Crippen molar-refractivity contribution in [2.45, 2.75) is 56.4 Å². The molecule has 2 aliphatic carbocycles. The molecule has 92 valence electrons. The quantitative estimate of drug-likeness (QED) is 0.750. The van der Waals surface area contributed by atoms with Crippen LogP contribution in [0.25, 0.3) is 0 Å². The highest BCUT2D eigenvalue weighted by molar-refractivity contribution is 7.99. The van der Waals surface area contributed by atoms with Crippen LogP contribution < -0.4 is 5.32 Å². The Morgan fingerprint density at radius 3 is 2.75 bits per heavy atom. The van der Waals surface area contributed by atoms with E-state index in [0.717, 1.165) is 25.0 Å². The largest absolute Gasteiger partial charge is 0.480 e. The van der Waals surface area contributed by atoms with Crippen LogP contribution in [0.1, 0.15) is 39.0 Å². The van der Waals surface area contributed by atoms with Crippen LogP contribution in [0.2, 0.25) is 0 Å². The maximum absolute atomic E-state index is 11.2. The molecule has 0 spiro atoms. The number of carboxylic acid groups (broad SMARTS) is 1. The van der Waals surface area contributed by atoms with Crippen LogP contribution in [0.15, 0.2) is 0 Å². The summed E-state index contributed by atoms with van der Waals surface area (Å²) in [7, 11) is 0. The highest BCUT2D eigenvalue weighted by Crippen LogP contribution is 2.35. The summed E-state index contributed by atoms with van der Waals surface area (Å²) in [4.78, 5) is 11.2. The number of nitrogens with one attached hydrogen (secondary N) is 1. The van der Waals surface area contributed by atoms with Crippen molar-refractivity contribution in [3.8, 4) is 0 Å². The molecule has 2 aliphatic rings. The van der Waals surface area contributed by atoms with Gasteiger partial charge < -0.3 is 10.4 Å². The van der Waals surface area contributed by atoms with E-state index in [1.54, 1.807) is 0 Å². The second-order valence-electron chi connectivity index (χ2n) is 4.85. The van der Waals surface area contributed by atoms with Crippen molar-refractivity contribution in [1.29, 1.82) is 0 Å². The average Bonchev–Trinajstić information content (AvgIpc) is 2.98. The summed E-state index contributed by atoms with van der Waals surface area (Å²) in [5.74, 6) is 0.865.